The van der Waals surface area contributed by atoms with Crippen LogP contribution in [0.5, 0.6) is 0 Å². The van der Waals surface area contributed by atoms with Gasteiger partial charge in [-0.3, -0.25) is 0 Å². The maximum Gasteiger partial charge on any atom is 0.188 e. The third kappa shape index (κ3) is 3.78. The van der Waals surface area contributed by atoms with Crippen LogP contribution in [0.1, 0.15) is 24.2 Å². The second kappa shape index (κ2) is 6.68. The molecule has 0 radical (unpaired) electrons. The fourth-order valence-corrected chi connectivity index (χ4v) is 3.13. The minimum atomic E-state index is 0.287. The summed E-state index contributed by atoms with van der Waals surface area (Å²) in [5, 5.41) is 4.57. The minimum absolute atomic E-state index is 0.287. The van der Waals surface area contributed by atoms with Gasteiger partial charge in [0, 0.05) is 23.2 Å². The summed E-state index contributed by atoms with van der Waals surface area (Å²) in [5.41, 5.74) is 2.29. The lowest BCUT2D eigenvalue weighted by Gasteiger charge is -2.23. The van der Waals surface area contributed by atoms with Crippen LogP contribution >= 0.6 is 11.8 Å². The normalized spacial score (nSPS) is 14.1. The Morgan fingerprint density at radius 3 is 2.53 bits per heavy atom. The number of aryl methyl sites for hydroxylation is 1. The summed E-state index contributed by atoms with van der Waals surface area (Å²) in [4.78, 5) is 8.76. The highest BCUT2D eigenvalue weighted by Crippen LogP contribution is 2.29. The first kappa shape index (κ1) is 14.0. The maximum atomic E-state index is 4.45. The second-order valence-electron chi connectivity index (χ2n) is 4.48. The first-order chi connectivity index (χ1) is 9.20. The molecule has 0 fully saturated rings. The van der Waals surface area contributed by atoms with E-state index in [1.807, 2.05) is 32.3 Å². The van der Waals surface area contributed by atoms with E-state index in [9.17, 15) is 0 Å². The van der Waals surface area contributed by atoms with Crippen LogP contribution in [0.25, 0.3) is 0 Å². The van der Waals surface area contributed by atoms with Crippen molar-refractivity contribution in [2.24, 2.45) is 0 Å². The van der Waals surface area contributed by atoms with Crippen molar-refractivity contribution >= 4 is 11.8 Å². The number of aromatic nitrogens is 2. The van der Waals surface area contributed by atoms with Crippen molar-refractivity contribution in [2.75, 3.05) is 7.05 Å². The van der Waals surface area contributed by atoms with E-state index in [2.05, 4.69) is 46.5 Å². The summed E-state index contributed by atoms with van der Waals surface area (Å²) in [6.45, 7) is 4.19. The predicted octanol–water partition coefficient (Wildman–Crippen LogP) is 3.23. The number of hydrogen-bond donors (Lipinski definition) is 1. The summed E-state index contributed by atoms with van der Waals surface area (Å²) in [6, 6.07) is 12.7. The molecular weight excluding hydrogens is 254 g/mol. The van der Waals surface area contributed by atoms with Crippen LogP contribution in [0.3, 0.4) is 0 Å². The maximum absolute atomic E-state index is 4.45. The van der Waals surface area contributed by atoms with Crippen LogP contribution in [0.15, 0.2) is 47.8 Å². The van der Waals surface area contributed by atoms with Crippen molar-refractivity contribution in [3.05, 3.63) is 53.9 Å². The number of benzene rings is 1. The largest absolute Gasteiger partial charge is 0.312 e. The zero-order chi connectivity index (χ0) is 13.7. The molecule has 2 aromatic rings. The first-order valence-corrected chi connectivity index (χ1v) is 7.27. The fraction of sp³-hybridized carbons (Fsp3) is 0.333. The van der Waals surface area contributed by atoms with Gasteiger partial charge in [-0.25, -0.2) is 9.97 Å². The van der Waals surface area contributed by atoms with Crippen molar-refractivity contribution < 1.29 is 0 Å². The van der Waals surface area contributed by atoms with Crippen LogP contribution in [0.2, 0.25) is 0 Å². The van der Waals surface area contributed by atoms with Crippen LogP contribution in [0, 0.1) is 6.92 Å². The van der Waals surface area contributed by atoms with Gasteiger partial charge < -0.3 is 5.32 Å². The number of hydrogen-bond acceptors (Lipinski definition) is 4. The van der Waals surface area contributed by atoms with Gasteiger partial charge in [-0.1, -0.05) is 49.0 Å². The highest BCUT2D eigenvalue weighted by molar-refractivity contribution is 7.99. The average molecular weight is 273 g/mol. The van der Waals surface area contributed by atoms with E-state index < -0.39 is 0 Å². The average Bonchev–Trinajstić information content (AvgIpc) is 2.41. The SMILES string of the molecule is CNC(c1ccccc1)C(C)Sc1nccc(C)n1. The predicted molar refractivity (Wildman–Crippen MR) is 80.3 cm³/mol. The van der Waals surface area contributed by atoms with Gasteiger partial charge in [-0.15, -0.1) is 0 Å². The summed E-state index contributed by atoms with van der Waals surface area (Å²) in [6.07, 6.45) is 1.81. The number of rotatable bonds is 5. The molecule has 0 spiro atoms. The Kier molecular flexibility index (Phi) is 4.93. The summed E-state index contributed by atoms with van der Waals surface area (Å²) >= 11 is 1.70. The van der Waals surface area contributed by atoms with Crippen LogP contribution in [-0.4, -0.2) is 22.3 Å². The first-order valence-electron chi connectivity index (χ1n) is 6.39. The Bertz CT molecular complexity index is 516. The lowest BCUT2D eigenvalue weighted by atomic mass is 10.0. The fourth-order valence-electron chi connectivity index (χ4n) is 2.05. The molecule has 19 heavy (non-hydrogen) atoms. The number of thioether (sulfide) groups is 1. The van der Waals surface area contributed by atoms with Gasteiger partial charge in [0.1, 0.15) is 0 Å². The topological polar surface area (TPSA) is 37.8 Å². The highest BCUT2D eigenvalue weighted by atomic mass is 32.2. The standard InChI is InChI=1S/C15H19N3S/c1-11-9-10-17-15(18-11)19-12(2)14(16-3)13-7-5-4-6-8-13/h4-10,12,14,16H,1-3H3. The van der Waals surface area contributed by atoms with Crippen molar-refractivity contribution in [1.29, 1.82) is 0 Å². The van der Waals surface area contributed by atoms with Gasteiger partial charge in [-0.05, 0) is 25.6 Å². The van der Waals surface area contributed by atoms with Crippen molar-refractivity contribution in [3.63, 3.8) is 0 Å². The van der Waals surface area contributed by atoms with Gasteiger partial charge in [-0.2, -0.15) is 0 Å². The number of nitrogens with zero attached hydrogens (tertiary/aromatic N) is 2. The van der Waals surface area contributed by atoms with Crippen molar-refractivity contribution in [3.8, 4) is 0 Å². The van der Waals surface area contributed by atoms with Crippen LogP contribution < -0.4 is 5.32 Å². The summed E-state index contributed by atoms with van der Waals surface area (Å²) in [5.74, 6) is 0. The molecule has 100 valence electrons. The van der Waals surface area contributed by atoms with Crippen molar-refractivity contribution in [1.82, 2.24) is 15.3 Å². The third-order valence-corrected chi connectivity index (χ3v) is 4.05. The van der Waals surface area contributed by atoms with Gasteiger partial charge in [0.15, 0.2) is 5.16 Å². The number of nitrogens with one attached hydrogen (secondary N) is 1. The Hall–Kier alpha value is -1.39. The third-order valence-electron chi connectivity index (χ3n) is 3.00. The molecule has 1 N–H and O–H groups in total. The van der Waals surface area contributed by atoms with E-state index in [4.69, 9.17) is 0 Å². The molecule has 4 heteroatoms. The molecule has 2 unspecified atom stereocenters. The molecule has 1 aromatic heterocycles. The summed E-state index contributed by atoms with van der Waals surface area (Å²) in [7, 11) is 1.99. The molecule has 1 aromatic carbocycles. The van der Waals surface area contributed by atoms with Crippen molar-refractivity contribution in [2.45, 2.75) is 30.3 Å². The molecule has 2 rings (SSSR count). The Morgan fingerprint density at radius 1 is 1.16 bits per heavy atom. The second-order valence-corrected chi connectivity index (χ2v) is 5.83. The summed E-state index contributed by atoms with van der Waals surface area (Å²) < 4.78 is 0. The van der Waals surface area contributed by atoms with E-state index in [0.717, 1.165) is 10.9 Å². The molecule has 1 heterocycles. The Morgan fingerprint density at radius 2 is 1.89 bits per heavy atom. The minimum Gasteiger partial charge on any atom is -0.312 e. The van der Waals surface area contributed by atoms with Crippen LogP contribution in [-0.2, 0) is 0 Å². The monoisotopic (exact) mass is 273 g/mol. The lowest BCUT2D eigenvalue weighted by molar-refractivity contribution is 0.588. The quantitative estimate of drug-likeness (QED) is 0.670. The van der Waals surface area contributed by atoms with E-state index in [-0.39, 0.29) is 6.04 Å². The molecule has 3 nitrogen and oxygen atoms in total. The molecule has 0 amide bonds. The Balaban J connectivity index is 2.11. The highest BCUT2D eigenvalue weighted by Gasteiger charge is 2.19. The van der Waals surface area contributed by atoms with Gasteiger partial charge >= 0.3 is 0 Å². The zero-order valence-corrected chi connectivity index (χ0v) is 12.3. The molecule has 0 aliphatic rings. The van der Waals surface area contributed by atoms with E-state index in [0.29, 0.717) is 5.25 Å². The van der Waals surface area contributed by atoms with Gasteiger partial charge in [0.2, 0.25) is 0 Å². The molecule has 0 saturated heterocycles. The van der Waals surface area contributed by atoms with Gasteiger partial charge in [0.25, 0.3) is 0 Å². The van der Waals surface area contributed by atoms with Crippen LogP contribution in [0.4, 0.5) is 0 Å². The van der Waals surface area contributed by atoms with Gasteiger partial charge in [0.05, 0.1) is 0 Å². The lowest BCUT2D eigenvalue weighted by Crippen LogP contribution is -2.25. The van der Waals surface area contributed by atoms with E-state index >= 15 is 0 Å². The molecular formula is C15H19N3S. The smallest absolute Gasteiger partial charge is 0.188 e. The molecule has 0 aliphatic heterocycles. The molecule has 0 bridgehead atoms. The Labute approximate surface area is 118 Å². The van der Waals surface area contributed by atoms with E-state index in [1.165, 1.54) is 5.56 Å². The molecule has 2 atom stereocenters. The molecule has 0 aliphatic carbocycles. The van der Waals surface area contributed by atoms with E-state index in [1.54, 1.807) is 11.8 Å². The molecule has 0 saturated carbocycles. The zero-order valence-electron chi connectivity index (χ0n) is 11.5.